The number of methoxy groups -OCH3 is 1. The number of carbonyl (C=O) groups excluding carboxylic acids is 1. The van der Waals surface area contributed by atoms with Gasteiger partial charge in [-0.3, -0.25) is 9.69 Å². The smallest absolute Gasteiger partial charge is 0.242 e. The summed E-state index contributed by atoms with van der Waals surface area (Å²) in [5.41, 5.74) is -0.346. The maximum Gasteiger partial charge on any atom is 0.242 e. The Morgan fingerprint density at radius 2 is 2.00 bits per heavy atom. The van der Waals surface area contributed by atoms with Gasteiger partial charge in [-0.1, -0.05) is 19.3 Å². The van der Waals surface area contributed by atoms with Crippen molar-refractivity contribution in [2.75, 3.05) is 26.7 Å². The van der Waals surface area contributed by atoms with Crippen LogP contribution in [0.15, 0.2) is 4.42 Å². The lowest BCUT2D eigenvalue weighted by molar-refractivity contribution is -0.154. The molecule has 7 heteroatoms. The third-order valence-corrected chi connectivity index (χ3v) is 7.45. The van der Waals surface area contributed by atoms with Gasteiger partial charge in [0.15, 0.2) is 0 Å². The quantitative estimate of drug-likeness (QED) is 0.788. The second-order valence-electron chi connectivity index (χ2n) is 8.82. The van der Waals surface area contributed by atoms with E-state index in [1.807, 2.05) is 0 Å². The molecule has 2 atom stereocenters. The van der Waals surface area contributed by atoms with Crippen molar-refractivity contribution in [3.05, 3.63) is 11.8 Å². The van der Waals surface area contributed by atoms with Gasteiger partial charge in [0.05, 0.1) is 5.92 Å². The first-order valence-electron chi connectivity index (χ1n) is 10.6. The number of fused-ring (bicyclic) bond motifs is 1. The summed E-state index contributed by atoms with van der Waals surface area (Å²) in [6.07, 6.45) is 9.81. The van der Waals surface area contributed by atoms with Gasteiger partial charge >= 0.3 is 0 Å². The fourth-order valence-electron chi connectivity index (χ4n) is 5.79. The van der Waals surface area contributed by atoms with Crippen molar-refractivity contribution in [1.82, 2.24) is 20.0 Å². The average Bonchev–Trinajstić information content (AvgIpc) is 3.18. The maximum atomic E-state index is 13.3. The average molecular weight is 374 g/mol. The summed E-state index contributed by atoms with van der Waals surface area (Å²) in [6.45, 7) is 3.01. The van der Waals surface area contributed by atoms with Gasteiger partial charge < -0.3 is 14.1 Å². The van der Waals surface area contributed by atoms with Crippen LogP contribution in [-0.4, -0.2) is 58.7 Å². The Kier molecular flexibility index (Phi) is 4.47. The van der Waals surface area contributed by atoms with Crippen molar-refractivity contribution < 1.29 is 13.9 Å². The Morgan fingerprint density at radius 1 is 1.19 bits per heavy atom. The Balaban J connectivity index is 1.28. The molecule has 2 aliphatic heterocycles. The van der Waals surface area contributed by atoms with Gasteiger partial charge in [-0.25, -0.2) is 0 Å². The molecule has 0 bridgehead atoms. The van der Waals surface area contributed by atoms with Crippen molar-refractivity contribution in [3.8, 4) is 0 Å². The molecule has 0 spiro atoms. The summed E-state index contributed by atoms with van der Waals surface area (Å²) in [5.74, 6) is 2.03. The molecule has 27 heavy (non-hydrogen) atoms. The molecule has 1 aromatic rings. The highest BCUT2D eigenvalue weighted by Crippen LogP contribution is 2.57. The normalized spacial score (nSPS) is 32.2. The van der Waals surface area contributed by atoms with Crippen LogP contribution < -0.4 is 0 Å². The van der Waals surface area contributed by atoms with Crippen LogP contribution in [0.1, 0.15) is 63.1 Å². The fraction of sp³-hybridized carbons (Fsp3) is 0.850. The number of rotatable bonds is 5. The predicted octanol–water partition coefficient (Wildman–Crippen LogP) is 2.32. The number of amides is 1. The highest BCUT2D eigenvalue weighted by molar-refractivity contribution is 5.81. The molecule has 0 unspecified atom stereocenters. The summed E-state index contributed by atoms with van der Waals surface area (Å²) >= 11 is 0. The van der Waals surface area contributed by atoms with Gasteiger partial charge in [0.1, 0.15) is 12.1 Å². The van der Waals surface area contributed by atoms with Crippen LogP contribution in [0, 0.1) is 11.8 Å². The van der Waals surface area contributed by atoms with Gasteiger partial charge in [0.25, 0.3) is 0 Å². The van der Waals surface area contributed by atoms with E-state index in [4.69, 9.17) is 9.15 Å². The maximum absolute atomic E-state index is 13.3. The van der Waals surface area contributed by atoms with Crippen molar-refractivity contribution in [3.63, 3.8) is 0 Å². The first kappa shape index (κ1) is 17.6. The molecule has 2 saturated heterocycles. The molecule has 1 amide bonds. The summed E-state index contributed by atoms with van der Waals surface area (Å²) in [4.78, 5) is 18.0. The molecule has 7 nitrogen and oxygen atoms in total. The van der Waals surface area contributed by atoms with Gasteiger partial charge in [-0.05, 0) is 38.0 Å². The molecular weight excluding hydrogens is 344 g/mol. The standard InChI is InChI=1S/C20H30N4O3/c1-26-13-17-21-22-19(27-17)20-9-7-15(20)8-10-24(20)18(25)14-11-23(12-14)16-5-3-2-4-6-16/h14-16H,2-13H2,1H3/t15-,20-/m0/s1. The minimum Gasteiger partial charge on any atom is -0.420 e. The zero-order valence-corrected chi connectivity index (χ0v) is 16.2. The Bertz CT molecular complexity index is 695. The van der Waals surface area contributed by atoms with Crippen LogP contribution in [0.25, 0.3) is 0 Å². The van der Waals surface area contributed by atoms with E-state index in [0.717, 1.165) is 38.9 Å². The van der Waals surface area contributed by atoms with Crippen molar-refractivity contribution in [2.45, 2.75) is 69.6 Å². The van der Waals surface area contributed by atoms with Crippen molar-refractivity contribution in [2.24, 2.45) is 11.8 Å². The molecule has 1 aromatic heterocycles. The van der Waals surface area contributed by atoms with Crippen LogP contribution in [0.3, 0.4) is 0 Å². The molecule has 2 aliphatic carbocycles. The minimum atomic E-state index is -0.346. The number of hydrogen-bond acceptors (Lipinski definition) is 6. The number of likely N-dealkylation sites (tertiary alicyclic amines) is 2. The van der Waals surface area contributed by atoms with Crippen molar-refractivity contribution >= 4 is 5.91 Å². The summed E-state index contributed by atoms with van der Waals surface area (Å²) in [7, 11) is 1.62. The van der Waals surface area contributed by atoms with E-state index in [-0.39, 0.29) is 11.5 Å². The number of ether oxygens (including phenoxy) is 1. The van der Waals surface area contributed by atoms with Crippen LogP contribution in [0.5, 0.6) is 0 Å². The highest BCUT2D eigenvalue weighted by Gasteiger charge is 2.62. The van der Waals surface area contributed by atoms with E-state index in [1.54, 1.807) is 7.11 Å². The molecule has 3 heterocycles. The van der Waals surface area contributed by atoms with Gasteiger partial charge in [0.2, 0.25) is 17.7 Å². The van der Waals surface area contributed by atoms with E-state index in [0.29, 0.717) is 36.3 Å². The zero-order valence-electron chi connectivity index (χ0n) is 16.2. The number of aromatic nitrogens is 2. The van der Waals surface area contributed by atoms with E-state index in [1.165, 1.54) is 32.1 Å². The lowest BCUT2D eigenvalue weighted by atomic mass is 9.67. The summed E-state index contributed by atoms with van der Waals surface area (Å²) in [5, 5.41) is 8.44. The van der Waals surface area contributed by atoms with E-state index >= 15 is 0 Å². The molecule has 2 saturated carbocycles. The highest BCUT2D eigenvalue weighted by atomic mass is 16.5. The van der Waals surface area contributed by atoms with Crippen LogP contribution in [0.2, 0.25) is 0 Å². The Hall–Kier alpha value is -1.47. The first-order valence-corrected chi connectivity index (χ1v) is 10.6. The van der Waals surface area contributed by atoms with Gasteiger partial charge in [-0.15, -0.1) is 10.2 Å². The lowest BCUT2D eigenvalue weighted by Crippen LogP contribution is -2.62. The van der Waals surface area contributed by atoms with E-state index < -0.39 is 0 Å². The van der Waals surface area contributed by atoms with Crippen LogP contribution >= 0.6 is 0 Å². The second kappa shape index (κ2) is 6.85. The molecular formula is C20H30N4O3. The zero-order chi connectivity index (χ0) is 18.4. The molecule has 0 N–H and O–H groups in total. The summed E-state index contributed by atoms with van der Waals surface area (Å²) < 4.78 is 11.0. The molecule has 0 aromatic carbocycles. The largest absolute Gasteiger partial charge is 0.420 e. The van der Waals surface area contributed by atoms with Crippen molar-refractivity contribution in [1.29, 1.82) is 0 Å². The number of nitrogens with zero attached hydrogens (tertiary/aromatic N) is 4. The van der Waals surface area contributed by atoms with Crippen LogP contribution in [0.4, 0.5) is 0 Å². The number of carbonyl (C=O) groups is 1. The van der Waals surface area contributed by atoms with Crippen LogP contribution in [-0.2, 0) is 21.7 Å². The topological polar surface area (TPSA) is 71.7 Å². The third-order valence-electron chi connectivity index (χ3n) is 7.45. The SMILES string of the molecule is COCc1nnc([C@]23CC[C@H]2CCN3C(=O)C2CN(C3CCCCC3)C2)o1. The molecule has 148 valence electrons. The first-order chi connectivity index (χ1) is 13.2. The minimum absolute atomic E-state index is 0.143. The molecule has 4 aliphatic rings. The lowest BCUT2D eigenvalue weighted by Gasteiger charge is -2.51. The van der Waals surface area contributed by atoms with Gasteiger partial charge in [-0.2, -0.15) is 0 Å². The monoisotopic (exact) mass is 374 g/mol. The Morgan fingerprint density at radius 3 is 2.70 bits per heavy atom. The van der Waals surface area contributed by atoms with E-state index in [2.05, 4.69) is 20.0 Å². The van der Waals surface area contributed by atoms with Gasteiger partial charge in [0, 0.05) is 32.8 Å². The molecule has 0 radical (unpaired) electrons. The summed E-state index contributed by atoms with van der Waals surface area (Å²) in [6, 6.07) is 0.708. The fourth-order valence-corrected chi connectivity index (χ4v) is 5.79. The Labute approximate surface area is 160 Å². The predicted molar refractivity (Wildman–Crippen MR) is 97.7 cm³/mol. The number of hydrogen-bond donors (Lipinski definition) is 0. The third kappa shape index (κ3) is 2.73. The molecule has 4 fully saturated rings. The van der Waals surface area contributed by atoms with E-state index in [9.17, 15) is 4.79 Å². The molecule has 5 rings (SSSR count). The second-order valence-corrected chi connectivity index (χ2v) is 8.82.